The number of carbonyl (C=O) groups excluding carboxylic acids is 1. The van der Waals surface area contributed by atoms with E-state index in [-0.39, 0.29) is 5.54 Å². The number of unbranched alkanes of at least 4 members (excludes halogenated alkanes) is 1. The maximum absolute atomic E-state index is 11.6. The Labute approximate surface area is 83.2 Å². The second-order valence-electron chi connectivity index (χ2n) is 4.68. The van der Waals surface area contributed by atoms with Crippen molar-refractivity contribution in [2.45, 2.75) is 51.9 Å². The lowest BCUT2D eigenvalue weighted by Crippen LogP contribution is -2.30. The van der Waals surface area contributed by atoms with Gasteiger partial charge in [-0.25, -0.2) is 0 Å². The van der Waals surface area contributed by atoms with Crippen LogP contribution in [0.5, 0.6) is 0 Å². The number of hydrogen-bond donors (Lipinski definition) is 0. The van der Waals surface area contributed by atoms with Gasteiger partial charge in [0.15, 0.2) is 5.78 Å². The Hall–Kier alpha value is -0.373. The molecule has 13 heavy (non-hydrogen) atoms. The maximum atomic E-state index is 11.6. The third kappa shape index (κ3) is 5.04. The summed E-state index contributed by atoms with van der Waals surface area (Å²) in [6.45, 7) is 10.9. The van der Waals surface area contributed by atoms with Crippen molar-refractivity contribution in [3.63, 3.8) is 0 Å². The minimum atomic E-state index is -1.28. The van der Waals surface area contributed by atoms with Crippen LogP contribution in [0.25, 0.3) is 0 Å². The number of carbonyl (C=O) groups is 1. The van der Waals surface area contributed by atoms with Crippen molar-refractivity contribution in [1.82, 2.24) is 0 Å². The molecule has 0 bridgehead atoms. The molecule has 0 aliphatic rings. The minimum absolute atomic E-state index is 0.251. The summed E-state index contributed by atoms with van der Waals surface area (Å²) >= 11 is 0. The summed E-state index contributed by atoms with van der Waals surface area (Å²) < 4.78 is 0. The van der Waals surface area contributed by atoms with E-state index in [1.54, 1.807) is 6.08 Å². The lowest BCUT2D eigenvalue weighted by molar-refractivity contribution is -0.114. The van der Waals surface area contributed by atoms with Crippen LogP contribution in [0.3, 0.4) is 0 Å². The first-order valence-corrected chi connectivity index (χ1v) is 8.67. The zero-order valence-corrected chi connectivity index (χ0v) is 10.6. The fourth-order valence-electron chi connectivity index (χ4n) is 0.937. The smallest absolute Gasteiger partial charge is 0.155 e. The van der Waals surface area contributed by atoms with Crippen LogP contribution in [0.1, 0.15) is 26.7 Å². The molecule has 0 heterocycles. The van der Waals surface area contributed by atoms with Crippen molar-refractivity contribution in [3.8, 4) is 0 Å². The number of hydrogen-bond acceptors (Lipinski definition) is 1. The maximum Gasteiger partial charge on any atom is 0.155 e. The quantitative estimate of drug-likeness (QED) is 0.487. The summed E-state index contributed by atoms with van der Waals surface area (Å²) in [5.74, 6) is 0.313. The molecule has 1 nitrogen and oxygen atoms in total. The molecule has 0 saturated carbocycles. The zero-order valence-electron chi connectivity index (χ0n) is 9.55. The van der Waals surface area contributed by atoms with Gasteiger partial charge in [0, 0.05) is 5.54 Å². The topological polar surface area (TPSA) is 17.1 Å². The van der Waals surface area contributed by atoms with E-state index in [0.717, 1.165) is 12.8 Å². The van der Waals surface area contributed by atoms with Crippen LogP contribution in [0.15, 0.2) is 12.2 Å². The van der Waals surface area contributed by atoms with E-state index in [1.807, 2.05) is 6.08 Å². The molecule has 76 valence electrons. The van der Waals surface area contributed by atoms with Crippen LogP contribution < -0.4 is 0 Å². The summed E-state index contributed by atoms with van der Waals surface area (Å²) in [7, 11) is -1.28. The van der Waals surface area contributed by atoms with E-state index in [2.05, 4.69) is 33.5 Å². The minimum Gasteiger partial charge on any atom is -0.295 e. The van der Waals surface area contributed by atoms with Gasteiger partial charge in [0.2, 0.25) is 0 Å². The van der Waals surface area contributed by atoms with Gasteiger partial charge < -0.3 is 0 Å². The summed E-state index contributed by atoms with van der Waals surface area (Å²) in [5, 5.41) is 0. The first-order valence-electron chi connectivity index (χ1n) is 5.10. The van der Waals surface area contributed by atoms with E-state index in [1.165, 1.54) is 0 Å². The highest BCUT2D eigenvalue weighted by molar-refractivity contribution is 6.80. The van der Waals surface area contributed by atoms with Gasteiger partial charge in [0.25, 0.3) is 0 Å². The van der Waals surface area contributed by atoms with Gasteiger partial charge in [-0.2, -0.15) is 0 Å². The Morgan fingerprint density at radius 3 is 2.31 bits per heavy atom. The van der Waals surface area contributed by atoms with Crippen LogP contribution in [-0.2, 0) is 4.79 Å². The molecule has 0 aromatic rings. The van der Waals surface area contributed by atoms with Crippen LogP contribution >= 0.6 is 0 Å². The Morgan fingerprint density at radius 2 is 1.92 bits per heavy atom. The van der Waals surface area contributed by atoms with Crippen LogP contribution in [0.2, 0.25) is 25.2 Å². The predicted molar refractivity (Wildman–Crippen MR) is 61.8 cm³/mol. The van der Waals surface area contributed by atoms with Gasteiger partial charge in [-0.3, -0.25) is 4.79 Å². The van der Waals surface area contributed by atoms with Gasteiger partial charge >= 0.3 is 0 Å². The Kier molecular flexibility index (Phi) is 5.22. The fraction of sp³-hybridized carbons (Fsp3) is 0.727. The molecule has 0 aromatic heterocycles. The Balaban J connectivity index is 4.12. The van der Waals surface area contributed by atoms with E-state index in [9.17, 15) is 4.79 Å². The molecule has 0 spiro atoms. The molecule has 2 heteroatoms. The molecule has 0 N–H and O–H groups in total. The highest BCUT2D eigenvalue weighted by Gasteiger charge is 2.26. The van der Waals surface area contributed by atoms with Crippen molar-refractivity contribution < 1.29 is 4.79 Å². The second kappa shape index (κ2) is 5.38. The second-order valence-corrected chi connectivity index (χ2v) is 10.3. The SMILES string of the molecule is CCCC=CC(=O)C(C)[Si](C)(C)C. The predicted octanol–water partition coefficient (Wildman–Crippen LogP) is 3.64. The molecule has 0 aliphatic heterocycles. The molecule has 1 unspecified atom stereocenters. The van der Waals surface area contributed by atoms with Crippen molar-refractivity contribution in [2.75, 3.05) is 0 Å². The Bertz CT molecular complexity index is 189. The molecular weight excluding hydrogens is 176 g/mol. The van der Waals surface area contributed by atoms with Gasteiger partial charge in [-0.05, 0) is 12.5 Å². The molecule has 0 amide bonds. The first-order chi connectivity index (χ1) is 5.89. The van der Waals surface area contributed by atoms with Gasteiger partial charge in [0.05, 0.1) is 8.07 Å². The molecule has 0 saturated heterocycles. The van der Waals surface area contributed by atoms with E-state index in [0.29, 0.717) is 5.78 Å². The van der Waals surface area contributed by atoms with Gasteiger partial charge in [-0.1, -0.05) is 46.0 Å². The van der Waals surface area contributed by atoms with Gasteiger partial charge in [-0.15, -0.1) is 0 Å². The molecule has 0 fully saturated rings. The number of allylic oxidation sites excluding steroid dienone is 2. The third-order valence-corrected chi connectivity index (χ3v) is 5.35. The third-order valence-electron chi connectivity index (χ3n) is 2.46. The van der Waals surface area contributed by atoms with E-state index < -0.39 is 8.07 Å². The van der Waals surface area contributed by atoms with Crippen LogP contribution in [-0.4, -0.2) is 13.9 Å². The van der Waals surface area contributed by atoms with E-state index in [4.69, 9.17) is 0 Å². The highest BCUT2D eigenvalue weighted by atomic mass is 28.3. The standard InChI is InChI=1S/C11H22OSi/c1-6-7-8-9-11(12)10(2)13(3,4)5/h8-10H,6-7H2,1-5H3. The Morgan fingerprint density at radius 1 is 1.38 bits per heavy atom. The first kappa shape index (κ1) is 12.6. The highest BCUT2D eigenvalue weighted by Crippen LogP contribution is 2.22. The zero-order chi connectivity index (χ0) is 10.5. The molecule has 1 atom stereocenters. The van der Waals surface area contributed by atoms with E-state index >= 15 is 0 Å². The molecule has 0 radical (unpaired) electrons. The van der Waals surface area contributed by atoms with Crippen molar-refractivity contribution in [2.24, 2.45) is 0 Å². The van der Waals surface area contributed by atoms with Crippen LogP contribution in [0, 0.1) is 0 Å². The fourth-order valence-corrected chi connectivity index (χ4v) is 1.89. The van der Waals surface area contributed by atoms with Gasteiger partial charge in [0.1, 0.15) is 0 Å². The van der Waals surface area contributed by atoms with Crippen molar-refractivity contribution in [3.05, 3.63) is 12.2 Å². The monoisotopic (exact) mass is 198 g/mol. The molecule has 0 rings (SSSR count). The van der Waals surface area contributed by atoms with Crippen molar-refractivity contribution >= 4 is 13.9 Å². The normalized spacial score (nSPS) is 14.8. The summed E-state index contributed by atoms with van der Waals surface area (Å²) in [6, 6.07) is 0. The lowest BCUT2D eigenvalue weighted by atomic mass is 10.2. The molecule has 0 aliphatic carbocycles. The molecule has 0 aromatic carbocycles. The van der Waals surface area contributed by atoms with Crippen molar-refractivity contribution in [1.29, 1.82) is 0 Å². The largest absolute Gasteiger partial charge is 0.295 e. The number of ketones is 1. The summed E-state index contributed by atoms with van der Waals surface area (Å²) in [4.78, 5) is 11.6. The summed E-state index contributed by atoms with van der Waals surface area (Å²) in [5.41, 5.74) is 0.251. The average molecular weight is 198 g/mol. The van der Waals surface area contributed by atoms with Crippen LogP contribution in [0.4, 0.5) is 0 Å². The molecular formula is C11H22OSi. The number of rotatable bonds is 5. The average Bonchev–Trinajstić information content (AvgIpc) is 2.01. The summed E-state index contributed by atoms with van der Waals surface area (Å²) in [6.07, 6.45) is 5.90. The lowest BCUT2D eigenvalue weighted by Gasteiger charge is -2.22.